The van der Waals surface area contributed by atoms with Crippen LogP contribution in [0, 0.1) is 5.41 Å². The van der Waals surface area contributed by atoms with Crippen molar-refractivity contribution in [3.63, 3.8) is 0 Å². The van der Waals surface area contributed by atoms with E-state index in [1.165, 1.54) is 19.5 Å². The third kappa shape index (κ3) is 2.12. The van der Waals surface area contributed by atoms with Crippen LogP contribution >= 0.6 is 34.0 Å². The van der Waals surface area contributed by atoms with E-state index >= 15 is 0 Å². The van der Waals surface area contributed by atoms with Gasteiger partial charge in [-0.05, 0) is 35.7 Å². The summed E-state index contributed by atoms with van der Waals surface area (Å²) in [5.41, 5.74) is 5.49. The lowest BCUT2D eigenvalue weighted by atomic mass is 10.3. The highest BCUT2D eigenvalue weighted by atomic mass is 32.1. The Morgan fingerprint density at radius 1 is 0.889 bits per heavy atom. The molecule has 5 heteroatoms. The number of rotatable bonds is 3. The molecule has 0 aliphatic carbocycles. The van der Waals surface area contributed by atoms with Gasteiger partial charge in [0, 0.05) is 19.5 Å². The minimum atomic E-state index is 0.140. The Bertz CT molecular complexity index is 677. The van der Waals surface area contributed by atoms with Crippen molar-refractivity contribution in [1.29, 1.82) is 5.41 Å². The smallest absolute Gasteiger partial charge is 0.133 e. The molecule has 3 aromatic heterocycles. The third-order valence-corrected chi connectivity index (χ3v) is 5.95. The first kappa shape index (κ1) is 11.6. The Balaban J connectivity index is 1.95. The highest BCUT2D eigenvalue weighted by Gasteiger charge is 2.09. The van der Waals surface area contributed by atoms with Crippen LogP contribution in [-0.4, -0.2) is 5.84 Å². The number of nitrogens with one attached hydrogen (secondary N) is 1. The molecule has 0 aromatic carbocycles. The van der Waals surface area contributed by atoms with Gasteiger partial charge in [-0.1, -0.05) is 6.07 Å². The number of nitrogen functional groups attached to an aromatic ring is 1. The molecule has 0 fully saturated rings. The maximum absolute atomic E-state index is 7.42. The molecule has 18 heavy (non-hydrogen) atoms. The first-order valence-electron chi connectivity index (χ1n) is 5.32. The zero-order valence-corrected chi connectivity index (χ0v) is 11.8. The van der Waals surface area contributed by atoms with Gasteiger partial charge in [0.25, 0.3) is 0 Å². The van der Waals surface area contributed by atoms with Crippen LogP contribution in [0.5, 0.6) is 0 Å². The van der Waals surface area contributed by atoms with Gasteiger partial charge in [-0.25, -0.2) is 0 Å². The average molecular weight is 290 g/mol. The Labute approximate surface area is 117 Å². The molecule has 0 spiro atoms. The number of hydrogen-bond donors (Lipinski definition) is 2. The van der Waals surface area contributed by atoms with Crippen LogP contribution in [0.15, 0.2) is 41.8 Å². The van der Waals surface area contributed by atoms with Crippen LogP contribution in [0.3, 0.4) is 0 Å². The van der Waals surface area contributed by atoms with Gasteiger partial charge in [-0.2, -0.15) is 0 Å². The lowest BCUT2D eigenvalue weighted by molar-refractivity contribution is 1.45. The second-order valence-electron chi connectivity index (χ2n) is 3.72. The molecule has 0 aliphatic heterocycles. The summed E-state index contributed by atoms with van der Waals surface area (Å²) in [4.78, 5) is 5.83. The van der Waals surface area contributed by atoms with Crippen molar-refractivity contribution in [3.8, 4) is 19.5 Å². The fraction of sp³-hybridized carbons (Fsp3) is 0. The van der Waals surface area contributed by atoms with Crippen molar-refractivity contribution in [2.24, 2.45) is 5.73 Å². The summed E-state index contributed by atoms with van der Waals surface area (Å²) in [6.07, 6.45) is 0. The van der Waals surface area contributed by atoms with Gasteiger partial charge in [-0.15, -0.1) is 34.0 Å². The Hall–Kier alpha value is -1.43. The van der Waals surface area contributed by atoms with E-state index in [1.54, 1.807) is 34.0 Å². The highest BCUT2D eigenvalue weighted by Crippen LogP contribution is 2.38. The first-order chi connectivity index (χ1) is 8.74. The second kappa shape index (κ2) is 4.68. The zero-order valence-electron chi connectivity index (χ0n) is 9.34. The largest absolute Gasteiger partial charge is 0.383 e. The Morgan fingerprint density at radius 2 is 1.56 bits per heavy atom. The molecule has 0 atom stereocenters. The van der Waals surface area contributed by atoms with Crippen LogP contribution in [0.4, 0.5) is 0 Å². The topological polar surface area (TPSA) is 49.9 Å². The maximum Gasteiger partial charge on any atom is 0.133 e. The standard InChI is InChI=1S/C13H10N2S3/c14-13(15)12-6-5-11(18-12)10-4-3-9(17-10)8-2-1-7-16-8/h1-7H,(H3,14,15). The molecule has 0 aliphatic rings. The monoisotopic (exact) mass is 290 g/mol. The van der Waals surface area contributed by atoms with Gasteiger partial charge in [0.05, 0.1) is 4.88 Å². The van der Waals surface area contributed by atoms with E-state index in [2.05, 4.69) is 29.6 Å². The fourth-order valence-electron chi connectivity index (χ4n) is 1.64. The normalized spacial score (nSPS) is 10.7. The number of amidine groups is 1. The molecule has 2 nitrogen and oxygen atoms in total. The van der Waals surface area contributed by atoms with Crippen molar-refractivity contribution >= 4 is 39.8 Å². The molecule has 3 N–H and O–H groups in total. The Morgan fingerprint density at radius 3 is 2.17 bits per heavy atom. The summed E-state index contributed by atoms with van der Waals surface area (Å²) in [5.74, 6) is 0.140. The second-order valence-corrected chi connectivity index (χ2v) is 6.83. The summed E-state index contributed by atoms with van der Waals surface area (Å²) in [5, 5.41) is 9.51. The summed E-state index contributed by atoms with van der Waals surface area (Å²) in [7, 11) is 0. The van der Waals surface area contributed by atoms with Crippen LogP contribution in [-0.2, 0) is 0 Å². The molecule has 0 bridgehead atoms. The van der Waals surface area contributed by atoms with Gasteiger partial charge in [0.1, 0.15) is 5.84 Å². The van der Waals surface area contributed by atoms with Crippen molar-refractivity contribution < 1.29 is 0 Å². The summed E-state index contributed by atoms with van der Waals surface area (Å²) in [6, 6.07) is 12.4. The van der Waals surface area contributed by atoms with E-state index in [-0.39, 0.29) is 5.84 Å². The Kier molecular flexibility index (Phi) is 3.03. The summed E-state index contributed by atoms with van der Waals surface area (Å²) >= 11 is 5.10. The van der Waals surface area contributed by atoms with Crippen molar-refractivity contribution in [3.05, 3.63) is 46.7 Å². The molecule has 3 heterocycles. The predicted molar refractivity (Wildman–Crippen MR) is 82.0 cm³/mol. The first-order valence-corrected chi connectivity index (χ1v) is 7.83. The van der Waals surface area contributed by atoms with Crippen molar-refractivity contribution in [1.82, 2.24) is 0 Å². The number of nitrogens with two attached hydrogens (primary N) is 1. The van der Waals surface area contributed by atoms with Crippen LogP contribution in [0.1, 0.15) is 4.88 Å². The lowest BCUT2D eigenvalue weighted by Crippen LogP contribution is -2.08. The lowest BCUT2D eigenvalue weighted by Gasteiger charge is -1.91. The van der Waals surface area contributed by atoms with E-state index < -0.39 is 0 Å². The molecule has 3 aromatic rings. The molecular weight excluding hydrogens is 280 g/mol. The van der Waals surface area contributed by atoms with E-state index in [9.17, 15) is 0 Å². The fourth-order valence-corrected chi connectivity index (χ4v) is 4.44. The van der Waals surface area contributed by atoms with Gasteiger partial charge in [-0.3, -0.25) is 5.41 Å². The van der Waals surface area contributed by atoms with E-state index in [4.69, 9.17) is 11.1 Å². The SMILES string of the molecule is N=C(N)c1ccc(-c2ccc(-c3cccs3)s2)s1. The maximum atomic E-state index is 7.42. The van der Waals surface area contributed by atoms with E-state index in [0.717, 1.165) is 4.88 Å². The van der Waals surface area contributed by atoms with Gasteiger partial charge >= 0.3 is 0 Å². The molecule has 0 unspecified atom stereocenters. The van der Waals surface area contributed by atoms with Crippen molar-refractivity contribution in [2.45, 2.75) is 0 Å². The summed E-state index contributed by atoms with van der Waals surface area (Å²) < 4.78 is 0. The summed E-state index contributed by atoms with van der Waals surface area (Å²) in [6.45, 7) is 0. The van der Waals surface area contributed by atoms with Gasteiger partial charge < -0.3 is 5.73 Å². The number of thiophene rings is 3. The molecule has 0 saturated heterocycles. The highest BCUT2D eigenvalue weighted by molar-refractivity contribution is 7.26. The van der Waals surface area contributed by atoms with E-state index in [1.807, 2.05) is 12.1 Å². The van der Waals surface area contributed by atoms with Gasteiger partial charge in [0.2, 0.25) is 0 Å². The third-order valence-electron chi connectivity index (χ3n) is 2.48. The van der Waals surface area contributed by atoms with Crippen LogP contribution < -0.4 is 5.73 Å². The molecule has 90 valence electrons. The molecular formula is C13H10N2S3. The average Bonchev–Trinajstić information content (AvgIpc) is 3.10. The molecule has 0 saturated carbocycles. The van der Waals surface area contributed by atoms with Crippen LogP contribution in [0.2, 0.25) is 0 Å². The van der Waals surface area contributed by atoms with E-state index in [0.29, 0.717) is 0 Å². The zero-order chi connectivity index (χ0) is 12.5. The predicted octanol–water partition coefficient (Wildman–Crippen LogP) is 4.49. The quantitative estimate of drug-likeness (QED) is 0.542. The molecule has 0 amide bonds. The minimum Gasteiger partial charge on any atom is -0.383 e. The molecule has 0 radical (unpaired) electrons. The molecule has 3 rings (SSSR count). The number of hydrogen-bond acceptors (Lipinski definition) is 4. The van der Waals surface area contributed by atoms with Crippen LogP contribution in [0.25, 0.3) is 19.5 Å². The minimum absolute atomic E-state index is 0.140. The van der Waals surface area contributed by atoms with Gasteiger partial charge in [0.15, 0.2) is 0 Å². The van der Waals surface area contributed by atoms with Crippen molar-refractivity contribution in [2.75, 3.05) is 0 Å².